The Balaban J connectivity index is 1.73. The van der Waals surface area contributed by atoms with Gasteiger partial charge in [0, 0.05) is 17.4 Å². The number of methoxy groups -OCH3 is 2. The first kappa shape index (κ1) is 19.2. The molecule has 1 heterocycles. The molecule has 8 heteroatoms. The second-order valence-corrected chi connectivity index (χ2v) is 7.34. The molecule has 0 unspecified atom stereocenters. The van der Waals surface area contributed by atoms with Gasteiger partial charge in [-0.3, -0.25) is 0 Å². The smallest absolute Gasteiger partial charge is 0.327 e. The molecule has 0 spiro atoms. The zero-order valence-electron chi connectivity index (χ0n) is 15.1. The predicted molar refractivity (Wildman–Crippen MR) is 99.3 cm³/mol. The summed E-state index contributed by atoms with van der Waals surface area (Å²) in [7, 11) is 1.01. The molecular formula is C18H25N2O5P. The van der Waals surface area contributed by atoms with Crippen LogP contribution in [0.1, 0.15) is 43.7 Å². The van der Waals surface area contributed by atoms with Gasteiger partial charge in [0.1, 0.15) is 6.33 Å². The van der Waals surface area contributed by atoms with Gasteiger partial charge in [-0.05, 0) is 44.1 Å². The highest BCUT2D eigenvalue weighted by Crippen LogP contribution is 2.41. The summed E-state index contributed by atoms with van der Waals surface area (Å²) in [6.45, 7) is 0.404. The summed E-state index contributed by atoms with van der Waals surface area (Å²) < 4.78 is 15.7. The van der Waals surface area contributed by atoms with Crippen LogP contribution in [0.3, 0.4) is 0 Å². The van der Waals surface area contributed by atoms with Crippen molar-refractivity contribution in [1.29, 1.82) is 0 Å². The average Bonchev–Trinajstić information content (AvgIpc) is 2.66. The van der Waals surface area contributed by atoms with E-state index in [4.69, 9.17) is 23.8 Å². The SMILES string of the molecule is COc1cc2ncnc(C3CCC(CCOP(O)O)CC3)c2cc1OC. The summed E-state index contributed by atoms with van der Waals surface area (Å²) in [6.07, 6.45) is 6.76. The Labute approximate surface area is 154 Å². The number of hydrogen-bond acceptors (Lipinski definition) is 7. The maximum Gasteiger partial charge on any atom is 0.327 e. The fourth-order valence-electron chi connectivity index (χ4n) is 3.75. The van der Waals surface area contributed by atoms with Gasteiger partial charge in [0.15, 0.2) is 11.5 Å². The van der Waals surface area contributed by atoms with Crippen molar-refractivity contribution in [2.75, 3.05) is 20.8 Å². The van der Waals surface area contributed by atoms with E-state index < -0.39 is 8.60 Å². The molecule has 0 saturated heterocycles. The number of ether oxygens (including phenoxy) is 2. The van der Waals surface area contributed by atoms with Gasteiger partial charge in [-0.1, -0.05) is 0 Å². The third-order valence-electron chi connectivity index (χ3n) is 5.14. The van der Waals surface area contributed by atoms with E-state index in [1.807, 2.05) is 12.1 Å². The van der Waals surface area contributed by atoms with Gasteiger partial charge >= 0.3 is 8.60 Å². The van der Waals surface area contributed by atoms with Gasteiger partial charge in [-0.15, -0.1) is 0 Å². The molecule has 1 aliphatic rings. The fraction of sp³-hybridized carbons (Fsp3) is 0.556. The first-order valence-electron chi connectivity index (χ1n) is 8.79. The number of benzene rings is 1. The van der Waals surface area contributed by atoms with Crippen molar-refractivity contribution >= 4 is 19.5 Å². The highest BCUT2D eigenvalue weighted by atomic mass is 31.2. The minimum atomic E-state index is -2.24. The topological polar surface area (TPSA) is 93.9 Å². The summed E-state index contributed by atoms with van der Waals surface area (Å²) in [5.74, 6) is 2.31. The minimum absolute atomic E-state index is 0.392. The Morgan fingerprint density at radius 2 is 1.73 bits per heavy atom. The summed E-state index contributed by atoms with van der Waals surface area (Å²) >= 11 is 0. The number of hydrogen-bond donors (Lipinski definition) is 2. The van der Waals surface area contributed by atoms with Gasteiger partial charge in [0.25, 0.3) is 0 Å². The molecule has 0 bridgehead atoms. The van der Waals surface area contributed by atoms with Gasteiger partial charge in [0.2, 0.25) is 0 Å². The zero-order chi connectivity index (χ0) is 18.5. The maximum atomic E-state index is 8.82. The predicted octanol–water partition coefficient (Wildman–Crippen LogP) is 3.54. The van der Waals surface area contributed by atoms with Crippen LogP contribution in [0.4, 0.5) is 0 Å². The third-order valence-corrected chi connectivity index (χ3v) is 5.55. The van der Waals surface area contributed by atoms with Crippen LogP contribution in [-0.2, 0) is 4.52 Å². The van der Waals surface area contributed by atoms with E-state index in [0.717, 1.165) is 48.7 Å². The van der Waals surface area contributed by atoms with E-state index in [2.05, 4.69) is 9.97 Å². The molecule has 2 aromatic rings. The Kier molecular flexibility index (Phi) is 6.59. The Morgan fingerprint density at radius 3 is 2.38 bits per heavy atom. The van der Waals surface area contributed by atoms with Crippen LogP contribution in [0.25, 0.3) is 10.9 Å². The molecular weight excluding hydrogens is 355 g/mol. The van der Waals surface area contributed by atoms with E-state index in [-0.39, 0.29) is 0 Å². The first-order chi connectivity index (χ1) is 12.6. The molecule has 2 N–H and O–H groups in total. The van der Waals surface area contributed by atoms with E-state index in [9.17, 15) is 0 Å². The van der Waals surface area contributed by atoms with E-state index in [1.165, 1.54) is 0 Å². The van der Waals surface area contributed by atoms with Crippen LogP contribution in [0.2, 0.25) is 0 Å². The lowest BCUT2D eigenvalue weighted by Crippen LogP contribution is -2.16. The quantitative estimate of drug-likeness (QED) is 0.710. The molecule has 1 aromatic carbocycles. The second kappa shape index (κ2) is 8.91. The number of nitrogens with zero attached hydrogens (tertiary/aromatic N) is 2. The third kappa shape index (κ3) is 4.41. The summed E-state index contributed by atoms with van der Waals surface area (Å²) in [4.78, 5) is 26.6. The van der Waals surface area contributed by atoms with Crippen molar-refractivity contribution in [2.45, 2.75) is 38.0 Å². The van der Waals surface area contributed by atoms with Crippen molar-refractivity contribution in [1.82, 2.24) is 9.97 Å². The average molecular weight is 380 g/mol. The lowest BCUT2D eigenvalue weighted by atomic mass is 9.78. The number of aromatic nitrogens is 2. The summed E-state index contributed by atoms with van der Waals surface area (Å²) in [6, 6.07) is 3.86. The van der Waals surface area contributed by atoms with Crippen molar-refractivity contribution in [3.05, 3.63) is 24.2 Å². The normalized spacial score (nSPS) is 20.5. The van der Waals surface area contributed by atoms with Crippen LogP contribution in [0.15, 0.2) is 18.5 Å². The minimum Gasteiger partial charge on any atom is -0.493 e. The lowest BCUT2D eigenvalue weighted by Gasteiger charge is -2.28. The number of fused-ring (bicyclic) bond motifs is 1. The molecule has 0 atom stereocenters. The second-order valence-electron chi connectivity index (χ2n) is 6.58. The fourth-order valence-corrected chi connectivity index (χ4v) is 4.02. The lowest BCUT2D eigenvalue weighted by molar-refractivity contribution is 0.211. The van der Waals surface area contributed by atoms with Crippen molar-refractivity contribution in [2.24, 2.45) is 5.92 Å². The maximum absolute atomic E-state index is 8.82. The molecule has 1 saturated carbocycles. The summed E-state index contributed by atoms with van der Waals surface area (Å²) in [5, 5.41) is 1.02. The van der Waals surface area contributed by atoms with E-state index in [0.29, 0.717) is 29.9 Å². The Hall–Kier alpha value is -1.53. The Bertz CT molecular complexity index is 735. The van der Waals surface area contributed by atoms with Gasteiger partial charge in [-0.2, -0.15) is 0 Å². The molecule has 26 heavy (non-hydrogen) atoms. The first-order valence-corrected chi connectivity index (χ1v) is 9.96. The van der Waals surface area contributed by atoms with E-state index in [1.54, 1.807) is 20.5 Å². The number of rotatable bonds is 7. The van der Waals surface area contributed by atoms with E-state index >= 15 is 0 Å². The molecule has 1 fully saturated rings. The molecule has 0 amide bonds. The van der Waals surface area contributed by atoms with Crippen LogP contribution >= 0.6 is 8.60 Å². The van der Waals surface area contributed by atoms with Gasteiger partial charge in [0.05, 0.1) is 32.0 Å². The molecule has 0 aliphatic heterocycles. The molecule has 0 radical (unpaired) electrons. The largest absolute Gasteiger partial charge is 0.493 e. The highest BCUT2D eigenvalue weighted by Gasteiger charge is 2.25. The van der Waals surface area contributed by atoms with Crippen molar-refractivity contribution in [3.8, 4) is 11.5 Å². The molecule has 142 valence electrons. The standard InChI is InChI=1S/C18H25N2O5P/c1-23-16-9-14-15(10-17(16)24-2)19-11-20-18(14)13-5-3-12(4-6-13)7-8-25-26(21)22/h9-13,21-22H,3-8H2,1-2H3. The van der Waals surface area contributed by atoms with Gasteiger partial charge < -0.3 is 23.8 Å². The highest BCUT2D eigenvalue weighted by molar-refractivity contribution is 7.39. The molecule has 1 aromatic heterocycles. The molecule has 1 aliphatic carbocycles. The van der Waals surface area contributed by atoms with Gasteiger partial charge in [-0.25, -0.2) is 9.97 Å². The van der Waals surface area contributed by atoms with Crippen LogP contribution < -0.4 is 9.47 Å². The van der Waals surface area contributed by atoms with Crippen molar-refractivity contribution in [3.63, 3.8) is 0 Å². The van der Waals surface area contributed by atoms with Crippen LogP contribution in [0.5, 0.6) is 11.5 Å². The molecule has 3 rings (SSSR count). The monoisotopic (exact) mass is 380 g/mol. The van der Waals surface area contributed by atoms with Crippen LogP contribution in [-0.4, -0.2) is 40.6 Å². The van der Waals surface area contributed by atoms with Crippen molar-refractivity contribution < 1.29 is 23.8 Å². The van der Waals surface area contributed by atoms with Crippen LogP contribution in [0, 0.1) is 5.92 Å². The zero-order valence-corrected chi connectivity index (χ0v) is 16.0. The molecule has 7 nitrogen and oxygen atoms in total. The Morgan fingerprint density at radius 1 is 1.04 bits per heavy atom. The summed E-state index contributed by atoms with van der Waals surface area (Å²) in [5.41, 5.74) is 1.93.